The Morgan fingerprint density at radius 1 is 1.37 bits per heavy atom. The van der Waals surface area contributed by atoms with Gasteiger partial charge in [-0.25, -0.2) is 8.42 Å². The SMILES string of the molecule is CC.CC(C)(C)OC(=O)CC(N)/C=C(\Cl)S(C)(=O)=O. The van der Waals surface area contributed by atoms with Crippen molar-refractivity contribution in [2.75, 3.05) is 6.26 Å². The van der Waals surface area contributed by atoms with E-state index in [9.17, 15) is 13.2 Å². The quantitative estimate of drug-likeness (QED) is 0.804. The van der Waals surface area contributed by atoms with E-state index < -0.39 is 27.4 Å². The van der Waals surface area contributed by atoms with Gasteiger partial charge in [0.25, 0.3) is 0 Å². The van der Waals surface area contributed by atoms with E-state index in [-0.39, 0.29) is 10.8 Å². The molecule has 7 heteroatoms. The summed E-state index contributed by atoms with van der Waals surface area (Å²) in [5.74, 6) is -0.501. The monoisotopic (exact) mass is 313 g/mol. The third-order valence-corrected chi connectivity index (χ3v) is 3.33. The molecule has 0 aromatic heterocycles. The Labute approximate surface area is 121 Å². The lowest BCUT2D eigenvalue weighted by molar-refractivity contribution is -0.154. The predicted molar refractivity (Wildman–Crippen MR) is 78.6 cm³/mol. The van der Waals surface area contributed by atoms with Crippen molar-refractivity contribution in [3.05, 3.63) is 10.4 Å². The second-order valence-corrected chi connectivity index (χ2v) is 7.31. The van der Waals surface area contributed by atoms with Crippen molar-refractivity contribution in [3.8, 4) is 0 Å². The third-order valence-electron chi connectivity index (χ3n) is 1.52. The van der Waals surface area contributed by atoms with Gasteiger partial charge in [0.2, 0.25) is 0 Å². The molecule has 1 unspecified atom stereocenters. The molecule has 0 amide bonds. The van der Waals surface area contributed by atoms with Crippen LogP contribution in [0.5, 0.6) is 0 Å². The number of carbonyl (C=O) groups is 1. The molecule has 0 fully saturated rings. The summed E-state index contributed by atoms with van der Waals surface area (Å²) < 4.78 is 26.7. The summed E-state index contributed by atoms with van der Waals surface area (Å²) in [5, 5.41) is 0. The van der Waals surface area contributed by atoms with Crippen LogP contribution in [0, 0.1) is 0 Å². The molecule has 0 saturated carbocycles. The van der Waals surface area contributed by atoms with Crippen LogP contribution in [0.15, 0.2) is 10.4 Å². The highest BCUT2D eigenvalue weighted by atomic mass is 35.5. The number of hydrogen-bond acceptors (Lipinski definition) is 5. The molecule has 0 bridgehead atoms. The molecule has 0 radical (unpaired) electrons. The van der Waals surface area contributed by atoms with Gasteiger partial charge in [-0.1, -0.05) is 25.4 Å². The fourth-order valence-corrected chi connectivity index (χ4v) is 1.51. The summed E-state index contributed by atoms with van der Waals surface area (Å²) in [4.78, 5) is 11.4. The van der Waals surface area contributed by atoms with Crippen LogP contribution in [-0.2, 0) is 19.4 Å². The molecule has 0 aromatic carbocycles. The Hall–Kier alpha value is -0.590. The molecule has 0 rings (SSSR count). The van der Waals surface area contributed by atoms with Crippen LogP contribution in [0.25, 0.3) is 0 Å². The topological polar surface area (TPSA) is 86.5 Å². The van der Waals surface area contributed by atoms with E-state index in [0.717, 1.165) is 12.3 Å². The van der Waals surface area contributed by atoms with E-state index in [4.69, 9.17) is 22.1 Å². The number of carbonyl (C=O) groups excluding carboxylic acids is 1. The lowest BCUT2D eigenvalue weighted by Gasteiger charge is -2.20. The van der Waals surface area contributed by atoms with Crippen molar-refractivity contribution in [2.24, 2.45) is 5.73 Å². The van der Waals surface area contributed by atoms with E-state index >= 15 is 0 Å². The van der Waals surface area contributed by atoms with E-state index in [0.29, 0.717) is 0 Å². The maximum Gasteiger partial charge on any atom is 0.308 e. The van der Waals surface area contributed by atoms with E-state index in [1.807, 2.05) is 13.8 Å². The van der Waals surface area contributed by atoms with Gasteiger partial charge >= 0.3 is 5.97 Å². The Balaban J connectivity index is 0. The Kier molecular flexibility index (Phi) is 9.33. The number of ether oxygens (including phenoxy) is 1. The summed E-state index contributed by atoms with van der Waals surface area (Å²) in [6.45, 7) is 9.20. The van der Waals surface area contributed by atoms with Gasteiger partial charge in [0, 0.05) is 12.3 Å². The summed E-state index contributed by atoms with van der Waals surface area (Å²) in [5.41, 5.74) is 4.97. The molecule has 19 heavy (non-hydrogen) atoms. The number of hydrogen-bond donors (Lipinski definition) is 1. The van der Waals surface area contributed by atoms with Crippen LogP contribution in [0.2, 0.25) is 0 Å². The standard InChI is InChI=1S/C10H18ClNO4S.C2H6/c1-10(2,3)16-9(13)6-7(12)5-8(11)17(4,14)15;1-2/h5,7H,6,12H2,1-4H3;1-2H3/b8-5+;. The normalized spacial score (nSPS) is 14.2. The molecule has 0 spiro atoms. The molecule has 114 valence electrons. The minimum absolute atomic E-state index is 0.122. The van der Waals surface area contributed by atoms with E-state index in [2.05, 4.69) is 0 Å². The number of sulfone groups is 1. The maximum atomic E-state index is 11.4. The minimum Gasteiger partial charge on any atom is -0.460 e. The van der Waals surface area contributed by atoms with Crippen molar-refractivity contribution in [1.82, 2.24) is 0 Å². The Morgan fingerprint density at radius 3 is 2.11 bits per heavy atom. The summed E-state index contributed by atoms with van der Waals surface area (Å²) in [6.07, 6.45) is 1.97. The minimum atomic E-state index is -3.47. The van der Waals surface area contributed by atoms with Crippen molar-refractivity contribution in [1.29, 1.82) is 0 Å². The molecule has 0 aliphatic carbocycles. The molecule has 0 aliphatic heterocycles. The highest BCUT2D eigenvalue weighted by molar-refractivity contribution is 7.96. The molecule has 1 atom stereocenters. The van der Waals surface area contributed by atoms with Crippen molar-refractivity contribution in [3.63, 3.8) is 0 Å². The van der Waals surface area contributed by atoms with Crippen molar-refractivity contribution in [2.45, 2.75) is 52.7 Å². The van der Waals surface area contributed by atoms with Crippen LogP contribution in [0.4, 0.5) is 0 Å². The summed E-state index contributed by atoms with van der Waals surface area (Å²) in [6, 6.07) is -0.785. The lowest BCUT2D eigenvalue weighted by atomic mass is 10.2. The van der Waals surface area contributed by atoms with Gasteiger partial charge in [0.1, 0.15) is 9.97 Å². The largest absolute Gasteiger partial charge is 0.460 e. The second-order valence-electron chi connectivity index (χ2n) is 4.70. The van der Waals surface area contributed by atoms with Crippen LogP contribution in [0.3, 0.4) is 0 Å². The fraction of sp³-hybridized carbons (Fsp3) is 0.750. The molecule has 0 aliphatic rings. The first-order valence-corrected chi connectivity index (χ1v) is 8.23. The number of nitrogens with two attached hydrogens (primary N) is 1. The smallest absolute Gasteiger partial charge is 0.308 e. The molecule has 5 nitrogen and oxygen atoms in total. The number of rotatable bonds is 4. The van der Waals surface area contributed by atoms with Gasteiger partial charge in [0.15, 0.2) is 9.84 Å². The fourth-order valence-electron chi connectivity index (χ4n) is 0.926. The summed E-state index contributed by atoms with van der Waals surface area (Å²) in [7, 11) is -3.47. The molecule has 0 heterocycles. The second kappa shape index (κ2) is 8.55. The van der Waals surface area contributed by atoms with Gasteiger partial charge in [-0.15, -0.1) is 0 Å². The highest BCUT2D eigenvalue weighted by Gasteiger charge is 2.19. The van der Waals surface area contributed by atoms with Gasteiger partial charge in [-0.05, 0) is 26.8 Å². The third kappa shape index (κ3) is 12.2. The highest BCUT2D eigenvalue weighted by Crippen LogP contribution is 2.13. The number of esters is 1. The van der Waals surface area contributed by atoms with E-state index in [1.54, 1.807) is 20.8 Å². The first kappa shape index (κ1) is 20.7. The van der Waals surface area contributed by atoms with Gasteiger partial charge in [-0.2, -0.15) is 0 Å². The predicted octanol–water partition coefficient (Wildman–Crippen LogP) is 2.20. The maximum absolute atomic E-state index is 11.4. The zero-order chi connectivity index (χ0) is 15.9. The van der Waals surface area contributed by atoms with Crippen LogP contribution >= 0.6 is 11.6 Å². The average Bonchev–Trinajstić information content (AvgIpc) is 2.15. The number of halogens is 1. The van der Waals surface area contributed by atoms with Crippen LogP contribution in [-0.4, -0.2) is 32.3 Å². The molecule has 0 aromatic rings. The first-order valence-electron chi connectivity index (χ1n) is 5.96. The molecular formula is C12H24ClNO4S. The lowest BCUT2D eigenvalue weighted by Crippen LogP contribution is -2.29. The molecule has 0 saturated heterocycles. The Morgan fingerprint density at radius 2 is 1.79 bits per heavy atom. The van der Waals surface area contributed by atoms with E-state index in [1.165, 1.54) is 0 Å². The average molecular weight is 314 g/mol. The first-order chi connectivity index (χ1) is 8.42. The van der Waals surface area contributed by atoms with Gasteiger partial charge in [-0.3, -0.25) is 4.79 Å². The van der Waals surface area contributed by atoms with Gasteiger partial charge in [0.05, 0.1) is 6.42 Å². The van der Waals surface area contributed by atoms with Crippen molar-refractivity contribution < 1.29 is 17.9 Å². The Bertz CT molecular complexity index is 410. The zero-order valence-electron chi connectivity index (χ0n) is 12.4. The van der Waals surface area contributed by atoms with Crippen LogP contribution in [0.1, 0.15) is 41.0 Å². The van der Waals surface area contributed by atoms with Gasteiger partial charge < -0.3 is 10.5 Å². The molecule has 2 N–H and O–H groups in total. The van der Waals surface area contributed by atoms with Crippen LogP contribution < -0.4 is 5.73 Å². The zero-order valence-corrected chi connectivity index (χ0v) is 13.9. The van der Waals surface area contributed by atoms with Crippen molar-refractivity contribution >= 4 is 27.4 Å². The molecular weight excluding hydrogens is 290 g/mol. The summed E-state index contributed by atoms with van der Waals surface area (Å²) >= 11 is 5.51.